The highest BCUT2D eigenvalue weighted by Gasteiger charge is 2.24. The van der Waals surface area contributed by atoms with Gasteiger partial charge in [-0.25, -0.2) is 9.18 Å². The third kappa shape index (κ3) is 4.72. The number of aryl methyl sites for hydroxylation is 1. The minimum Gasteiger partial charge on any atom is -0.338 e. The zero-order valence-corrected chi connectivity index (χ0v) is 17.8. The summed E-state index contributed by atoms with van der Waals surface area (Å²) >= 11 is 1.53. The summed E-state index contributed by atoms with van der Waals surface area (Å²) in [6, 6.07) is 19.3. The molecule has 0 spiro atoms. The molecule has 1 aliphatic heterocycles. The summed E-state index contributed by atoms with van der Waals surface area (Å²) in [7, 11) is 1.73. The van der Waals surface area contributed by atoms with Crippen LogP contribution >= 0.6 is 11.8 Å². The summed E-state index contributed by atoms with van der Waals surface area (Å²) in [6.45, 7) is 0.425. The molecule has 7 heteroatoms. The van der Waals surface area contributed by atoms with Gasteiger partial charge in [0.2, 0.25) is 0 Å². The van der Waals surface area contributed by atoms with Crippen molar-refractivity contribution in [2.45, 2.75) is 22.6 Å². The number of carbonyl (C=O) groups excluding carboxylic acids is 2. The molecular formula is C24H22FN3O2S. The van der Waals surface area contributed by atoms with Gasteiger partial charge in [-0.15, -0.1) is 0 Å². The minimum atomic E-state index is -0.341. The molecule has 31 heavy (non-hydrogen) atoms. The van der Waals surface area contributed by atoms with Crippen molar-refractivity contribution in [1.82, 2.24) is 5.32 Å². The van der Waals surface area contributed by atoms with Crippen LogP contribution in [0.25, 0.3) is 0 Å². The molecule has 0 fully saturated rings. The molecule has 1 heterocycles. The highest BCUT2D eigenvalue weighted by atomic mass is 32.2. The van der Waals surface area contributed by atoms with Crippen LogP contribution in [0.1, 0.15) is 22.3 Å². The van der Waals surface area contributed by atoms with E-state index in [1.807, 2.05) is 36.4 Å². The van der Waals surface area contributed by atoms with Crippen molar-refractivity contribution in [3.63, 3.8) is 0 Å². The molecule has 2 N–H and O–H groups in total. The van der Waals surface area contributed by atoms with Crippen LogP contribution in [0.15, 0.2) is 76.5 Å². The molecule has 0 saturated heterocycles. The SMILES string of the molecule is CN1C(=O)c2ccccc2Sc2ccc(NC(=O)NCCCc3ccccc3F)cc21. The van der Waals surface area contributed by atoms with Gasteiger partial charge in [0.1, 0.15) is 5.82 Å². The summed E-state index contributed by atoms with van der Waals surface area (Å²) in [6.07, 6.45) is 1.18. The number of nitrogens with one attached hydrogen (secondary N) is 2. The van der Waals surface area contributed by atoms with E-state index in [1.54, 1.807) is 36.2 Å². The van der Waals surface area contributed by atoms with Gasteiger partial charge in [0.05, 0.1) is 11.3 Å². The van der Waals surface area contributed by atoms with Crippen LogP contribution < -0.4 is 15.5 Å². The van der Waals surface area contributed by atoms with Crippen LogP contribution in [-0.4, -0.2) is 25.5 Å². The average Bonchev–Trinajstić information content (AvgIpc) is 2.87. The third-order valence-corrected chi connectivity index (χ3v) is 6.23. The van der Waals surface area contributed by atoms with Crippen molar-refractivity contribution in [3.8, 4) is 0 Å². The van der Waals surface area contributed by atoms with Gasteiger partial charge in [0.25, 0.3) is 5.91 Å². The quantitative estimate of drug-likeness (QED) is 0.533. The van der Waals surface area contributed by atoms with Gasteiger partial charge in [0, 0.05) is 29.1 Å². The van der Waals surface area contributed by atoms with Gasteiger partial charge in [-0.1, -0.05) is 42.1 Å². The fourth-order valence-electron chi connectivity index (χ4n) is 3.44. The second kappa shape index (κ2) is 9.22. The smallest absolute Gasteiger partial charge is 0.319 e. The lowest BCUT2D eigenvalue weighted by Gasteiger charge is -2.18. The second-order valence-corrected chi connectivity index (χ2v) is 8.30. The Bertz CT molecular complexity index is 1140. The number of urea groups is 1. The van der Waals surface area contributed by atoms with Crippen LogP contribution in [0.4, 0.5) is 20.6 Å². The molecule has 0 atom stereocenters. The summed E-state index contributed by atoms with van der Waals surface area (Å²) in [4.78, 5) is 28.6. The molecule has 0 saturated carbocycles. The Labute approximate surface area is 184 Å². The number of anilines is 2. The number of amides is 3. The number of hydrogen-bond donors (Lipinski definition) is 2. The van der Waals surface area contributed by atoms with Crippen molar-refractivity contribution < 1.29 is 14.0 Å². The molecule has 0 aliphatic carbocycles. The lowest BCUT2D eigenvalue weighted by atomic mass is 10.1. The zero-order valence-electron chi connectivity index (χ0n) is 17.0. The molecule has 0 unspecified atom stereocenters. The minimum absolute atomic E-state index is 0.0865. The molecule has 5 nitrogen and oxygen atoms in total. The Morgan fingerprint density at radius 3 is 2.65 bits per heavy atom. The van der Waals surface area contributed by atoms with Crippen molar-refractivity contribution in [1.29, 1.82) is 0 Å². The molecule has 3 aromatic rings. The topological polar surface area (TPSA) is 61.4 Å². The molecule has 0 bridgehead atoms. The van der Waals surface area contributed by atoms with E-state index in [9.17, 15) is 14.0 Å². The monoisotopic (exact) mass is 435 g/mol. The number of fused-ring (bicyclic) bond motifs is 2. The van der Waals surface area contributed by atoms with E-state index < -0.39 is 0 Å². The number of benzene rings is 3. The predicted molar refractivity (Wildman–Crippen MR) is 121 cm³/mol. The summed E-state index contributed by atoms with van der Waals surface area (Å²) in [5.41, 5.74) is 2.63. The van der Waals surface area contributed by atoms with Gasteiger partial charge in [0.15, 0.2) is 0 Å². The fraction of sp³-hybridized carbons (Fsp3) is 0.167. The Morgan fingerprint density at radius 2 is 1.81 bits per heavy atom. The first-order chi connectivity index (χ1) is 15.0. The Balaban J connectivity index is 1.37. The Morgan fingerprint density at radius 1 is 1.03 bits per heavy atom. The third-order valence-electron chi connectivity index (χ3n) is 5.09. The highest BCUT2D eigenvalue weighted by Crippen LogP contribution is 2.41. The molecule has 4 rings (SSSR count). The van der Waals surface area contributed by atoms with Crippen molar-refractivity contribution in [3.05, 3.63) is 83.7 Å². The van der Waals surface area contributed by atoms with Crippen LogP contribution in [-0.2, 0) is 6.42 Å². The molecule has 158 valence electrons. The number of rotatable bonds is 5. The highest BCUT2D eigenvalue weighted by molar-refractivity contribution is 7.99. The van der Waals surface area contributed by atoms with E-state index in [1.165, 1.54) is 17.8 Å². The fourth-order valence-corrected chi connectivity index (χ4v) is 4.53. The lowest BCUT2D eigenvalue weighted by molar-refractivity contribution is 0.0990. The van der Waals surface area contributed by atoms with Crippen LogP contribution in [0.3, 0.4) is 0 Å². The van der Waals surface area contributed by atoms with Crippen LogP contribution in [0.5, 0.6) is 0 Å². The maximum Gasteiger partial charge on any atom is 0.319 e. The van der Waals surface area contributed by atoms with Gasteiger partial charge in [-0.05, 0) is 54.8 Å². The van der Waals surface area contributed by atoms with E-state index in [0.29, 0.717) is 36.2 Å². The predicted octanol–water partition coefficient (Wildman–Crippen LogP) is 5.32. The average molecular weight is 436 g/mol. The Hall–Kier alpha value is -3.32. The van der Waals surface area contributed by atoms with E-state index in [2.05, 4.69) is 10.6 Å². The largest absolute Gasteiger partial charge is 0.338 e. The van der Waals surface area contributed by atoms with Crippen molar-refractivity contribution in [2.75, 3.05) is 23.8 Å². The second-order valence-electron chi connectivity index (χ2n) is 7.22. The summed E-state index contributed by atoms with van der Waals surface area (Å²) in [5, 5.41) is 5.60. The van der Waals surface area contributed by atoms with E-state index in [0.717, 1.165) is 15.5 Å². The number of nitrogens with zero attached hydrogens (tertiary/aromatic N) is 1. The molecule has 1 aliphatic rings. The normalized spacial score (nSPS) is 12.6. The standard InChI is InChI=1S/C24H22FN3O2S/c1-28-20-15-17(12-13-22(20)31-21-11-5-3-9-18(21)23(28)29)27-24(30)26-14-6-8-16-7-2-4-10-19(16)25/h2-5,7,9-13,15H,6,8,14H2,1H3,(H2,26,27,30). The maximum atomic E-state index is 13.6. The van der Waals surface area contributed by atoms with E-state index in [4.69, 9.17) is 0 Å². The summed E-state index contributed by atoms with van der Waals surface area (Å²) in [5.74, 6) is -0.313. The maximum absolute atomic E-state index is 13.6. The van der Waals surface area contributed by atoms with Gasteiger partial charge >= 0.3 is 6.03 Å². The van der Waals surface area contributed by atoms with E-state index >= 15 is 0 Å². The lowest BCUT2D eigenvalue weighted by Crippen LogP contribution is -2.30. The molecule has 0 radical (unpaired) electrons. The Kier molecular flexibility index (Phi) is 6.23. The van der Waals surface area contributed by atoms with Gasteiger partial charge in [-0.2, -0.15) is 0 Å². The molecular weight excluding hydrogens is 413 g/mol. The first-order valence-corrected chi connectivity index (χ1v) is 10.8. The molecule has 0 aromatic heterocycles. The van der Waals surface area contributed by atoms with Crippen molar-refractivity contribution in [2.24, 2.45) is 0 Å². The van der Waals surface area contributed by atoms with Gasteiger partial charge < -0.3 is 15.5 Å². The summed E-state index contributed by atoms with van der Waals surface area (Å²) < 4.78 is 13.6. The molecule has 3 amide bonds. The molecule has 3 aromatic carbocycles. The van der Waals surface area contributed by atoms with Crippen molar-refractivity contribution >= 4 is 35.1 Å². The first kappa shape index (κ1) is 20.9. The number of carbonyl (C=O) groups is 2. The first-order valence-electron chi connectivity index (χ1n) is 10.00. The van der Waals surface area contributed by atoms with Gasteiger partial charge in [-0.3, -0.25) is 4.79 Å². The van der Waals surface area contributed by atoms with E-state index in [-0.39, 0.29) is 17.8 Å². The zero-order chi connectivity index (χ0) is 21.8. The van der Waals surface area contributed by atoms with Crippen LogP contribution in [0, 0.1) is 5.82 Å². The number of hydrogen-bond acceptors (Lipinski definition) is 3. The van der Waals surface area contributed by atoms with Crippen LogP contribution in [0.2, 0.25) is 0 Å². The number of halogens is 1.